The van der Waals surface area contributed by atoms with Gasteiger partial charge in [0.1, 0.15) is 5.75 Å². The number of nitrogens with zero attached hydrogens (tertiary/aromatic N) is 3. The first-order valence-electron chi connectivity index (χ1n) is 9.80. The van der Waals surface area contributed by atoms with Crippen LogP contribution in [0.2, 0.25) is 15.1 Å². The summed E-state index contributed by atoms with van der Waals surface area (Å²) in [6, 6.07) is 21.7. The van der Waals surface area contributed by atoms with Gasteiger partial charge < -0.3 is 4.74 Å². The molecule has 0 bridgehead atoms. The smallest absolute Gasteiger partial charge is 0.277 e. The molecular weight excluding hydrogens is 483 g/mol. The fourth-order valence-corrected chi connectivity index (χ4v) is 3.75. The fourth-order valence-electron chi connectivity index (χ4n) is 3.08. The van der Waals surface area contributed by atoms with Crippen molar-refractivity contribution in [3.8, 4) is 22.7 Å². The Balaban J connectivity index is 1.52. The quantitative estimate of drug-likeness (QED) is 0.249. The molecule has 0 unspecified atom stereocenters. The number of benzene rings is 3. The molecule has 33 heavy (non-hydrogen) atoms. The van der Waals surface area contributed by atoms with Crippen LogP contribution in [0.4, 0.5) is 0 Å². The van der Waals surface area contributed by atoms with Crippen molar-refractivity contribution in [3.05, 3.63) is 99.6 Å². The Bertz CT molecular complexity index is 1290. The molecule has 0 fully saturated rings. The van der Waals surface area contributed by atoms with Crippen molar-refractivity contribution in [3.63, 3.8) is 0 Å². The zero-order valence-electron chi connectivity index (χ0n) is 17.1. The maximum atomic E-state index is 12.3. The summed E-state index contributed by atoms with van der Waals surface area (Å²) in [4.78, 5) is 12.3. The van der Waals surface area contributed by atoms with Crippen LogP contribution in [0, 0.1) is 0 Å². The molecule has 0 saturated carbocycles. The van der Waals surface area contributed by atoms with Gasteiger partial charge in [-0.05, 0) is 48.0 Å². The summed E-state index contributed by atoms with van der Waals surface area (Å²) >= 11 is 18.5. The number of para-hydroxylation sites is 1. The molecule has 4 rings (SSSR count). The predicted molar refractivity (Wildman–Crippen MR) is 132 cm³/mol. The summed E-state index contributed by atoms with van der Waals surface area (Å²) in [5.74, 6) is -0.135. The van der Waals surface area contributed by atoms with Gasteiger partial charge in [0.05, 0.1) is 28.8 Å². The van der Waals surface area contributed by atoms with Crippen LogP contribution in [0.3, 0.4) is 0 Å². The largest absolute Gasteiger partial charge is 0.481 e. The van der Waals surface area contributed by atoms with Gasteiger partial charge in [-0.2, -0.15) is 10.2 Å². The second kappa shape index (κ2) is 10.5. The molecule has 3 aromatic carbocycles. The summed E-state index contributed by atoms with van der Waals surface area (Å²) < 4.78 is 7.52. The van der Waals surface area contributed by atoms with Crippen molar-refractivity contribution in [2.45, 2.75) is 0 Å². The Hall–Kier alpha value is -3.32. The summed E-state index contributed by atoms with van der Waals surface area (Å²) in [6.45, 7) is -0.300. The predicted octanol–water partition coefficient (Wildman–Crippen LogP) is 6.03. The summed E-state index contributed by atoms with van der Waals surface area (Å²) in [7, 11) is 0. The van der Waals surface area contributed by atoms with E-state index in [-0.39, 0.29) is 11.6 Å². The molecule has 0 saturated heterocycles. The average Bonchev–Trinajstić information content (AvgIpc) is 3.30. The normalized spacial score (nSPS) is 11.0. The standard InChI is InChI=1S/C24H17Cl3N4O2/c25-17-8-6-16(7-9-17)14-28-30-23(32)15-33-24-20(12-18(26)13-21(24)27)22-10-11-29-31(22)19-4-2-1-3-5-19/h1-14H,15H2,(H,30,32)/b28-14+. The second-order valence-corrected chi connectivity index (χ2v) is 8.14. The van der Waals surface area contributed by atoms with Gasteiger partial charge in [0, 0.05) is 15.6 Å². The van der Waals surface area contributed by atoms with E-state index in [9.17, 15) is 4.79 Å². The highest BCUT2D eigenvalue weighted by atomic mass is 35.5. The summed E-state index contributed by atoms with van der Waals surface area (Å²) in [5, 5.41) is 9.66. The topological polar surface area (TPSA) is 68.5 Å². The van der Waals surface area contributed by atoms with Crippen molar-refractivity contribution >= 4 is 46.9 Å². The molecular formula is C24H17Cl3N4O2. The van der Waals surface area contributed by atoms with Gasteiger partial charge in [-0.3, -0.25) is 4.79 Å². The molecule has 0 aliphatic heterocycles. The van der Waals surface area contributed by atoms with E-state index in [0.29, 0.717) is 27.1 Å². The lowest BCUT2D eigenvalue weighted by Gasteiger charge is -2.15. The van der Waals surface area contributed by atoms with Crippen molar-refractivity contribution in [1.82, 2.24) is 15.2 Å². The van der Waals surface area contributed by atoms with Crippen molar-refractivity contribution in [2.24, 2.45) is 5.10 Å². The molecule has 0 aliphatic carbocycles. The van der Waals surface area contributed by atoms with Crippen LogP contribution < -0.4 is 10.2 Å². The first-order valence-corrected chi connectivity index (χ1v) is 10.9. The van der Waals surface area contributed by atoms with E-state index >= 15 is 0 Å². The first kappa shape index (κ1) is 22.9. The molecule has 6 nitrogen and oxygen atoms in total. The third-order valence-corrected chi connectivity index (χ3v) is 5.30. The minimum absolute atomic E-state index is 0.274. The number of amides is 1. The minimum atomic E-state index is -0.450. The van der Waals surface area contributed by atoms with Gasteiger partial charge in [0.25, 0.3) is 5.91 Å². The lowest BCUT2D eigenvalue weighted by atomic mass is 10.1. The van der Waals surface area contributed by atoms with Crippen LogP contribution >= 0.6 is 34.8 Å². The Morgan fingerprint density at radius 2 is 1.76 bits per heavy atom. The number of halogens is 3. The van der Waals surface area contributed by atoms with Crippen molar-refractivity contribution in [2.75, 3.05) is 6.61 Å². The van der Waals surface area contributed by atoms with Gasteiger partial charge in [-0.1, -0.05) is 65.1 Å². The highest BCUT2D eigenvalue weighted by Gasteiger charge is 2.18. The number of nitrogens with one attached hydrogen (secondary N) is 1. The van der Waals surface area contributed by atoms with Crippen LogP contribution in [0.1, 0.15) is 5.56 Å². The molecule has 0 spiro atoms. The van der Waals surface area contributed by atoms with Crippen molar-refractivity contribution < 1.29 is 9.53 Å². The SMILES string of the molecule is O=C(COc1c(Cl)cc(Cl)cc1-c1ccnn1-c1ccccc1)N/N=C/c1ccc(Cl)cc1. The number of hydrogen-bond acceptors (Lipinski definition) is 4. The number of ether oxygens (including phenoxy) is 1. The summed E-state index contributed by atoms with van der Waals surface area (Å²) in [6.07, 6.45) is 3.17. The maximum absolute atomic E-state index is 12.3. The zero-order valence-corrected chi connectivity index (χ0v) is 19.3. The van der Waals surface area contributed by atoms with Gasteiger partial charge in [0.2, 0.25) is 0 Å². The molecule has 0 radical (unpaired) electrons. The van der Waals surface area contributed by atoms with Crippen LogP contribution in [0.25, 0.3) is 16.9 Å². The highest BCUT2D eigenvalue weighted by Crippen LogP contribution is 2.39. The Morgan fingerprint density at radius 1 is 1.00 bits per heavy atom. The minimum Gasteiger partial charge on any atom is -0.481 e. The Labute approximate surface area is 205 Å². The third-order valence-electron chi connectivity index (χ3n) is 4.55. The van der Waals surface area contributed by atoms with E-state index in [1.54, 1.807) is 47.3 Å². The third kappa shape index (κ3) is 5.73. The maximum Gasteiger partial charge on any atom is 0.277 e. The van der Waals surface area contributed by atoms with E-state index in [1.807, 2.05) is 36.4 Å². The molecule has 0 atom stereocenters. The van der Waals surface area contributed by atoms with E-state index in [1.165, 1.54) is 6.21 Å². The number of carbonyl (C=O) groups excluding carboxylic acids is 1. The van der Waals surface area contributed by atoms with E-state index in [0.717, 1.165) is 11.3 Å². The molecule has 1 heterocycles. The molecule has 0 aliphatic rings. The fraction of sp³-hybridized carbons (Fsp3) is 0.0417. The van der Waals surface area contributed by atoms with Gasteiger partial charge in [-0.15, -0.1) is 0 Å². The Kier molecular flexibility index (Phi) is 7.29. The molecule has 1 aromatic heterocycles. The lowest BCUT2D eigenvalue weighted by molar-refractivity contribution is -0.123. The molecule has 9 heteroatoms. The van der Waals surface area contributed by atoms with E-state index in [4.69, 9.17) is 39.5 Å². The van der Waals surface area contributed by atoms with Gasteiger partial charge in [-0.25, -0.2) is 10.1 Å². The number of rotatable bonds is 7. The summed E-state index contributed by atoms with van der Waals surface area (Å²) in [5.41, 5.74) is 5.38. The monoisotopic (exact) mass is 498 g/mol. The molecule has 166 valence electrons. The van der Waals surface area contributed by atoms with Gasteiger partial charge >= 0.3 is 0 Å². The zero-order chi connectivity index (χ0) is 23.2. The van der Waals surface area contributed by atoms with Crippen LogP contribution in [0.5, 0.6) is 5.75 Å². The van der Waals surface area contributed by atoms with Crippen LogP contribution in [-0.2, 0) is 4.79 Å². The number of aromatic nitrogens is 2. The number of hydrazone groups is 1. The molecule has 1 N–H and O–H groups in total. The first-order chi connectivity index (χ1) is 16.0. The van der Waals surface area contributed by atoms with Crippen molar-refractivity contribution in [1.29, 1.82) is 0 Å². The van der Waals surface area contributed by atoms with E-state index in [2.05, 4.69) is 15.6 Å². The van der Waals surface area contributed by atoms with Crippen LogP contribution in [0.15, 0.2) is 84.1 Å². The Morgan fingerprint density at radius 3 is 2.52 bits per heavy atom. The molecule has 4 aromatic rings. The number of hydrogen-bond donors (Lipinski definition) is 1. The average molecular weight is 500 g/mol. The van der Waals surface area contributed by atoms with Gasteiger partial charge in [0.15, 0.2) is 6.61 Å². The number of carbonyl (C=O) groups is 1. The molecule has 1 amide bonds. The lowest BCUT2D eigenvalue weighted by Crippen LogP contribution is -2.24. The van der Waals surface area contributed by atoms with E-state index < -0.39 is 5.91 Å². The highest BCUT2D eigenvalue weighted by molar-refractivity contribution is 6.36. The second-order valence-electron chi connectivity index (χ2n) is 6.86. The van der Waals surface area contributed by atoms with Crippen LogP contribution in [-0.4, -0.2) is 28.5 Å².